The number of carbonyl (C=O) groups is 1. The van der Waals surface area contributed by atoms with Gasteiger partial charge in [0.25, 0.3) is 0 Å². The predicted molar refractivity (Wildman–Crippen MR) is 48.0 cm³/mol. The van der Waals surface area contributed by atoms with Crippen molar-refractivity contribution in [1.29, 1.82) is 0 Å². The molecule has 0 saturated carbocycles. The van der Waals surface area contributed by atoms with E-state index in [-0.39, 0.29) is 11.2 Å². The van der Waals surface area contributed by atoms with Gasteiger partial charge in [0.2, 0.25) is 0 Å². The molecule has 1 aromatic heterocycles. The number of fused-ring (bicyclic) bond motifs is 1. The standard InChI is InChI=1S/C8H9BrN2O/c1-8(2)4-11-5(7(8)12)3-6(9)10-11/h3H,4H2,1-2H3. The van der Waals surface area contributed by atoms with E-state index < -0.39 is 0 Å². The Hall–Kier alpha value is -0.640. The molecule has 0 bridgehead atoms. The molecule has 1 aliphatic heterocycles. The molecule has 4 heteroatoms. The molecular formula is C8H9BrN2O. The van der Waals surface area contributed by atoms with Gasteiger partial charge in [-0.2, -0.15) is 5.10 Å². The summed E-state index contributed by atoms with van der Waals surface area (Å²) in [6, 6.07) is 1.77. The number of hydrogen-bond acceptors (Lipinski definition) is 2. The van der Waals surface area contributed by atoms with Crippen LogP contribution in [0.3, 0.4) is 0 Å². The summed E-state index contributed by atoms with van der Waals surface area (Å²) < 4.78 is 2.49. The van der Waals surface area contributed by atoms with Gasteiger partial charge in [-0.1, -0.05) is 13.8 Å². The van der Waals surface area contributed by atoms with E-state index in [0.29, 0.717) is 12.2 Å². The number of rotatable bonds is 0. The Kier molecular flexibility index (Phi) is 1.46. The lowest BCUT2D eigenvalue weighted by Gasteiger charge is -2.12. The van der Waals surface area contributed by atoms with Crippen LogP contribution in [-0.2, 0) is 6.54 Å². The number of ketones is 1. The molecule has 0 saturated heterocycles. The van der Waals surface area contributed by atoms with Gasteiger partial charge in [0.1, 0.15) is 10.3 Å². The summed E-state index contributed by atoms with van der Waals surface area (Å²) >= 11 is 3.24. The number of Topliss-reactive ketones (excluding diaryl/α,β-unsaturated/α-hetero) is 1. The minimum Gasteiger partial charge on any atom is -0.292 e. The van der Waals surface area contributed by atoms with E-state index in [2.05, 4.69) is 21.0 Å². The number of carbonyl (C=O) groups excluding carboxylic acids is 1. The largest absolute Gasteiger partial charge is 0.292 e. The first-order chi connectivity index (χ1) is 5.50. The summed E-state index contributed by atoms with van der Waals surface area (Å²) in [4.78, 5) is 11.6. The first-order valence-electron chi connectivity index (χ1n) is 3.79. The van der Waals surface area contributed by atoms with Crippen molar-refractivity contribution in [1.82, 2.24) is 9.78 Å². The van der Waals surface area contributed by atoms with Crippen molar-refractivity contribution in [2.45, 2.75) is 20.4 Å². The number of nitrogens with zero attached hydrogens (tertiary/aromatic N) is 2. The molecule has 2 rings (SSSR count). The minimum atomic E-state index is -0.275. The van der Waals surface area contributed by atoms with Gasteiger partial charge in [0, 0.05) is 11.5 Å². The van der Waals surface area contributed by atoms with Crippen LogP contribution in [0.25, 0.3) is 0 Å². The predicted octanol–water partition coefficient (Wildman–Crippen LogP) is 1.87. The van der Waals surface area contributed by atoms with Crippen molar-refractivity contribution in [2.75, 3.05) is 0 Å². The van der Waals surface area contributed by atoms with E-state index in [4.69, 9.17) is 0 Å². The molecule has 0 unspecified atom stereocenters. The van der Waals surface area contributed by atoms with Crippen molar-refractivity contribution in [3.63, 3.8) is 0 Å². The Morgan fingerprint density at radius 2 is 2.33 bits per heavy atom. The molecule has 1 aromatic rings. The van der Waals surface area contributed by atoms with Crippen LogP contribution in [0.5, 0.6) is 0 Å². The molecule has 0 fully saturated rings. The monoisotopic (exact) mass is 228 g/mol. The molecule has 12 heavy (non-hydrogen) atoms. The fourth-order valence-corrected chi connectivity index (χ4v) is 1.89. The second kappa shape index (κ2) is 2.19. The van der Waals surface area contributed by atoms with Gasteiger partial charge in [-0.15, -0.1) is 0 Å². The molecule has 1 aliphatic rings. The first-order valence-corrected chi connectivity index (χ1v) is 4.58. The molecule has 3 nitrogen and oxygen atoms in total. The Morgan fingerprint density at radius 3 is 2.92 bits per heavy atom. The normalized spacial score (nSPS) is 19.8. The average Bonchev–Trinajstić information content (AvgIpc) is 2.35. The van der Waals surface area contributed by atoms with Crippen LogP contribution in [0, 0.1) is 5.41 Å². The zero-order valence-corrected chi connectivity index (χ0v) is 8.55. The Balaban J connectivity index is 2.53. The average molecular weight is 229 g/mol. The Morgan fingerprint density at radius 1 is 1.67 bits per heavy atom. The van der Waals surface area contributed by atoms with Gasteiger partial charge in [0.15, 0.2) is 5.78 Å². The third-order valence-electron chi connectivity index (χ3n) is 2.14. The maximum Gasteiger partial charge on any atom is 0.188 e. The van der Waals surface area contributed by atoms with Gasteiger partial charge in [-0.25, -0.2) is 0 Å². The summed E-state index contributed by atoms with van der Waals surface area (Å²) in [6.07, 6.45) is 0. The number of hydrogen-bond donors (Lipinski definition) is 0. The molecule has 0 aromatic carbocycles. The van der Waals surface area contributed by atoms with Crippen molar-refractivity contribution in [2.24, 2.45) is 5.41 Å². The summed E-state index contributed by atoms with van der Waals surface area (Å²) in [5.74, 6) is 0.181. The summed E-state index contributed by atoms with van der Waals surface area (Å²) in [7, 11) is 0. The lowest BCUT2D eigenvalue weighted by atomic mass is 9.90. The quantitative estimate of drug-likeness (QED) is 0.680. The fourth-order valence-electron chi connectivity index (χ4n) is 1.48. The lowest BCUT2D eigenvalue weighted by Crippen LogP contribution is -2.20. The molecule has 0 N–H and O–H groups in total. The highest BCUT2D eigenvalue weighted by Crippen LogP contribution is 2.32. The zero-order valence-electron chi connectivity index (χ0n) is 6.97. The van der Waals surface area contributed by atoms with E-state index in [1.54, 1.807) is 10.7 Å². The van der Waals surface area contributed by atoms with Crippen LogP contribution in [0.2, 0.25) is 0 Å². The maximum atomic E-state index is 11.6. The van der Waals surface area contributed by atoms with Crippen molar-refractivity contribution in [3.05, 3.63) is 16.4 Å². The van der Waals surface area contributed by atoms with E-state index in [1.807, 2.05) is 13.8 Å². The second-order valence-electron chi connectivity index (χ2n) is 3.72. The minimum absolute atomic E-state index is 0.181. The fraction of sp³-hybridized carbons (Fsp3) is 0.500. The summed E-state index contributed by atoms with van der Waals surface area (Å²) in [6.45, 7) is 4.57. The van der Waals surface area contributed by atoms with Crippen LogP contribution in [-0.4, -0.2) is 15.6 Å². The third kappa shape index (κ3) is 0.941. The SMILES string of the molecule is CC1(C)Cn2nc(Br)cc2C1=O. The van der Waals surface area contributed by atoms with E-state index >= 15 is 0 Å². The summed E-state index contributed by atoms with van der Waals surface area (Å²) in [5, 5.41) is 4.15. The van der Waals surface area contributed by atoms with Gasteiger partial charge in [-0.3, -0.25) is 9.48 Å². The first kappa shape index (κ1) is 7.98. The molecule has 2 heterocycles. The van der Waals surface area contributed by atoms with E-state index in [1.165, 1.54) is 0 Å². The summed E-state index contributed by atoms with van der Waals surface area (Å²) in [5.41, 5.74) is 0.440. The molecule has 0 spiro atoms. The van der Waals surface area contributed by atoms with Crippen LogP contribution in [0.15, 0.2) is 10.7 Å². The molecule has 0 atom stereocenters. The van der Waals surface area contributed by atoms with Gasteiger partial charge in [0.05, 0.1) is 6.54 Å². The van der Waals surface area contributed by atoms with Gasteiger partial charge < -0.3 is 0 Å². The smallest absolute Gasteiger partial charge is 0.188 e. The molecule has 0 radical (unpaired) electrons. The third-order valence-corrected chi connectivity index (χ3v) is 2.53. The Bertz CT molecular complexity index is 354. The molecule has 64 valence electrons. The van der Waals surface area contributed by atoms with E-state index in [9.17, 15) is 4.79 Å². The van der Waals surface area contributed by atoms with Gasteiger partial charge >= 0.3 is 0 Å². The molecule has 0 aliphatic carbocycles. The highest BCUT2D eigenvalue weighted by Gasteiger charge is 2.38. The van der Waals surface area contributed by atoms with Crippen LogP contribution < -0.4 is 0 Å². The van der Waals surface area contributed by atoms with Crippen LogP contribution in [0.1, 0.15) is 24.3 Å². The van der Waals surface area contributed by atoms with Gasteiger partial charge in [-0.05, 0) is 15.9 Å². The molecule has 0 amide bonds. The second-order valence-corrected chi connectivity index (χ2v) is 4.54. The van der Waals surface area contributed by atoms with Crippen molar-refractivity contribution >= 4 is 21.7 Å². The maximum absolute atomic E-state index is 11.6. The lowest BCUT2D eigenvalue weighted by molar-refractivity contribution is 0.0860. The zero-order chi connectivity index (χ0) is 8.93. The van der Waals surface area contributed by atoms with Crippen molar-refractivity contribution in [3.8, 4) is 0 Å². The van der Waals surface area contributed by atoms with Crippen LogP contribution >= 0.6 is 15.9 Å². The van der Waals surface area contributed by atoms with Crippen LogP contribution in [0.4, 0.5) is 0 Å². The topological polar surface area (TPSA) is 34.9 Å². The highest BCUT2D eigenvalue weighted by molar-refractivity contribution is 9.10. The Labute approximate surface area is 78.9 Å². The number of aromatic nitrogens is 2. The molecular weight excluding hydrogens is 220 g/mol. The van der Waals surface area contributed by atoms with Crippen molar-refractivity contribution < 1.29 is 4.79 Å². The van der Waals surface area contributed by atoms with E-state index in [0.717, 1.165) is 4.60 Å². The highest BCUT2D eigenvalue weighted by atomic mass is 79.9. The number of halogens is 1.